The van der Waals surface area contributed by atoms with E-state index in [9.17, 15) is 9.90 Å². The summed E-state index contributed by atoms with van der Waals surface area (Å²) in [6.07, 6.45) is 2.75. The number of hydrogen-bond donors (Lipinski definition) is 1. The van der Waals surface area contributed by atoms with Gasteiger partial charge in [-0.25, -0.2) is 4.79 Å². The van der Waals surface area contributed by atoms with Gasteiger partial charge in [0.05, 0.1) is 25.3 Å². The molecule has 0 atom stereocenters. The number of hydrogen-bond acceptors (Lipinski definition) is 5. The van der Waals surface area contributed by atoms with Crippen LogP contribution in [0.15, 0.2) is 42.6 Å². The molecular weight excluding hydrogens is 380 g/mol. The summed E-state index contributed by atoms with van der Waals surface area (Å²) in [5.74, 6) is 0.445. The lowest BCUT2D eigenvalue weighted by Crippen LogP contribution is -2.30. The summed E-state index contributed by atoms with van der Waals surface area (Å²) >= 11 is 0. The zero-order chi connectivity index (χ0) is 19.0. The Morgan fingerprint density at radius 1 is 1.14 bits per heavy atom. The number of ether oxygens (including phenoxy) is 2. The standard InChI is InChI=1S/C21H20N2O4.ClH/c1-26-19-9-17-16-6-7-23(15-5-3-4-13(8-15)21(24)25)12-14(16)11-22-18(17)10-20(19)27-2;/h3-5,8-11H,6-7,12H2,1-2H3,(H,24,25);1H. The Kier molecular flexibility index (Phi) is 5.61. The van der Waals surface area contributed by atoms with Crippen LogP contribution < -0.4 is 14.4 Å². The number of carbonyl (C=O) groups is 1. The van der Waals surface area contributed by atoms with Crippen LogP contribution in [-0.2, 0) is 13.0 Å². The lowest BCUT2D eigenvalue weighted by atomic mass is 9.96. The maximum Gasteiger partial charge on any atom is 0.335 e. The molecule has 1 aliphatic heterocycles. The van der Waals surface area contributed by atoms with E-state index in [4.69, 9.17) is 9.47 Å². The largest absolute Gasteiger partial charge is 0.493 e. The van der Waals surface area contributed by atoms with E-state index in [1.165, 1.54) is 5.56 Å². The fraction of sp³-hybridized carbons (Fsp3) is 0.238. The van der Waals surface area contributed by atoms with Gasteiger partial charge < -0.3 is 19.5 Å². The van der Waals surface area contributed by atoms with Gasteiger partial charge in [0.2, 0.25) is 0 Å². The number of carboxylic acids is 1. The highest BCUT2D eigenvalue weighted by molar-refractivity contribution is 5.89. The predicted octanol–water partition coefficient (Wildman–Crippen LogP) is 3.93. The first kappa shape index (κ1) is 19.8. The number of fused-ring (bicyclic) bond motifs is 3. The smallest absolute Gasteiger partial charge is 0.335 e. The van der Waals surface area contributed by atoms with Gasteiger partial charge in [-0.05, 0) is 41.8 Å². The van der Waals surface area contributed by atoms with E-state index in [1.807, 2.05) is 24.4 Å². The number of aromatic nitrogens is 1. The molecule has 0 radical (unpaired) electrons. The first-order valence-electron chi connectivity index (χ1n) is 8.71. The quantitative estimate of drug-likeness (QED) is 0.715. The maximum absolute atomic E-state index is 11.2. The van der Waals surface area contributed by atoms with Gasteiger partial charge in [0.1, 0.15) is 0 Å². The maximum atomic E-state index is 11.2. The van der Waals surface area contributed by atoms with Crippen LogP contribution in [-0.4, -0.2) is 36.8 Å². The fourth-order valence-electron chi connectivity index (χ4n) is 3.63. The van der Waals surface area contributed by atoms with Crippen LogP contribution in [0.1, 0.15) is 21.5 Å². The summed E-state index contributed by atoms with van der Waals surface area (Å²) in [7, 11) is 3.24. The van der Waals surface area contributed by atoms with Gasteiger partial charge in [0.15, 0.2) is 11.5 Å². The normalized spacial score (nSPS) is 12.9. The number of methoxy groups -OCH3 is 2. The van der Waals surface area contributed by atoms with Gasteiger partial charge in [-0.3, -0.25) is 4.98 Å². The number of halogens is 1. The van der Waals surface area contributed by atoms with E-state index in [0.29, 0.717) is 23.6 Å². The molecule has 146 valence electrons. The molecule has 0 spiro atoms. The lowest BCUT2D eigenvalue weighted by Gasteiger charge is -2.31. The van der Waals surface area contributed by atoms with Crippen LogP contribution in [0.3, 0.4) is 0 Å². The van der Waals surface area contributed by atoms with Gasteiger partial charge in [0.25, 0.3) is 0 Å². The molecule has 1 N–H and O–H groups in total. The third kappa shape index (κ3) is 3.43. The van der Waals surface area contributed by atoms with Gasteiger partial charge >= 0.3 is 5.97 Å². The van der Waals surface area contributed by atoms with Crippen LogP contribution in [0.2, 0.25) is 0 Å². The van der Waals surface area contributed by atoms with E-state index in [1.54, 1.807) is 32.4 Å². The van der Waals surface area contributed by atoms with Crippen molar-refractivity contribution in [1.82, 2.24) is 4.98 Å². The fourth-order valence-corrected chi connectivity index (χ4v) is 3.63. The monoisotopic (exact) mass is 400 g/mol. The van der Waals surface area contributed by atoms with E-state index >= 15 is 0 Å². The Balaban J connectivity index is 0.00000225. The highest BCUT2D eigenvalue weighted by Gasteiger charge is 2.21. The molecule has 0 unspecified atom stereocenters. The second kappa shape index (κ2) is 7.94. The number of rotatable bonds is 4. The van der Waals surface area contributed by atoms with Crippen LogP contribution in [0.5, 0.6) is 11.5 Å². The molecule has 2 aromatic carbocycles. The molecule has 0 aliphatic carbocycles. The summed E-state index contributed by atoms with van der Waals surface area (Å²) < 4.78 is 10.8. The zero-order valence-corrected chi connectivity index (χ0v) is 16.5. The average Bonchev–Trinajstić information content (AvgIpc) is 2.72. The zero-order valence-electron chi connectivity index (χ0n) is 15.6. The number of aromatic carboxylic acids is 1. The Bertz CT molecular complexity index is 1040. The van der Waals surface area contributed by atoms with Crippen molar-refractivity contribution in [2.75, 3.05) is 25.7 Å². The number of anilines is 1. The second-order valence-electron chi connectivity index (χ2n) is 6.51. The molecule has 3 aromatic rings. The second-order valence-corrected chi connectivity index (χ2v) is 6.51. The van der Waals surface area contributed by atoms with Gasteiger partial charge in [-0.2, -0.15) is 0 Å². The average molecular weight is 401 g/mol. The molecule has 1 aliphatic rings. The van der Waals surface area contributed by atoms with E-state index < -0.39 is 5.97 Å². The Hall–Kier alpha value is -2.99. The highest BCUT2D eigenvalue weighted by atomic mass is 35.5. The van der Waals surface area contributed by atoms with Crippen molar-refractivity contribution in [1.29, 1.82) is 0 Å². The van der Waals surface area contributed by atoms with Crippen LogP contribution >= 0.6 is 12.4 Å². The molecule has 6 nitrogen and oxygen atoms in total. The van der Waals surface area contributed by atoms with Crippen molar-refractivity contribution in [2.45, 2.75) is 13.0 Å². The molecule has 0 amide bonds. The summed E-state index contributed by atoms with van der Waals surface area (Å²) in [4.78, 5) is 18.0. The molecule has 0 bridgehead atoms. The van der Waals surface area contributed by atoms with E-state index in [-0.39, 0.29) is 12.4 Å². The van der Waals surface area contributed by atoms with Gasteiger partial charge in [0, 0.05) is 36.4 Å². The van der Waals surface area contributed by atoms with Crippen molar-refractivity contribution >= 4 is 35.0 Å². The molecule has 1 aromatic heterocycles. The third-order valence-electron chi connectivity index (χ3n) is 5.03. The van der Waals surface area contributed by atoms with E-state index in [0.717, 1.165) is 35.1 Å². The Labute approximate surface area is 169 Å². The van der Waals surface area contributed by atoms with Crippen molar-refractivity contribution in [3.05, 3.63) is 59.3 Å². The number of benzene rings is 2. The SMILES string of the molecule is COc1cc2ncc3c(c2cc1OC)CCN(c1cccc(C(=O)O)c1)C3.Cl. The Morgan fingerprint density at radius 2 is 1.89 bits per heavy atom. The lowest BCUT2D eigenvalue weighted by molar-refractivity contribution is 0.0697. The van der Waals surface area contributed by atoms with Crippen LogP contribution in [0.25, 0.3) is 10.9 Å². The minimum Gasteiger partial charge on any atom is -0.493 e. The minimum absolute atomic E-state index is 0. The molecule has 0 fully saturated rings. The van der Waals surface area contributed by atoms with Crippen molar-refractivity contribution in [2.24, 2.45) is 0 Å². The predicted molar refractivity (Wildman–Crippen MR) is 110 cm³/mol. The topological polar surface area (TPSA) is 71.9 Å². The summed E-state index contributed by atoms with van der Waals surface area (Å²) in [5, 5.41) is 10.3. The molecule has 4 rings (SSSR count). The van der Waals surface area contributed by atoms with Crippen molar-refractivity contribution < 1.29 is 19.4 Å². The van der Waals surface area contributed by atoms with E-state index in [2.05, 4.69) is 9.88 Å². The van der Waals surface area contributed by atoms with Crippen molar-refractivity contribution in [3.8, 4) is 11.5 Å². The first-order valence-corrected chi connectivity index (χ1v) is 8.71. The van der Waals surface area contributed by atoms with Gasteiger partial charge in [-0.1, -0.05) is 6.07 Å². The van der Waals surface area contributed by atoms with Gasteiger partial charge in [-0.15, -0.1) is 12.4 Å². The molecule has 0 saturated carbocycles. The summed E-state index contributed by atoms with van der Waals surface area (Å²) in [6, 6.07) is 10.9. The van der Waals surface area contributed by atoms with Crippen LogP contribution in [0, 0.1) is 0 Å². The molecular formula is C21H21ClN2O4. The van der Waals surface area contributed by atoms with Crippen molar-refractivity contribution in [3.63, 3.8) is 0 Å². The highest BCUT2D eigenvalue weighted by Crippen LogP contribution is 2.36. The summed E-state index contributed by atoms with van der Waals surface area (Å²) in [5.41, 5.74) is 4.49. The Morgan fingerprint density at radius 3 is 2.61 bits per heavy atom. The number of carboxylic acid groups (broad SMARTS) is 1. The number of nitrogens with zero attached hydrogens (tertiary/aromatic N) is 2. The molecule has 0 saturated heterocycles. The molecule has 7 heteroatoms. The van der Waals surface area contributed by atoms with Crippen LogP contribution in [0.4, 0.5) is 5.69 Å². The first-order chi connectivity index (χ1) is 13.1. The number of pyridine rings is 1. The third-order valence-corrected chi connectivity index (χ3v) is 5.03. The molecule has 28 heavy (non-hydrogen) atoms. The minimum atomic E-state index is -0.914. The summed E-state index contributed by atoms with van der Waals surface area (Å²) in [6.45, 7) is 1.50. The molecule has 2 heterocycles.